The van der Waals surface area contributed by atoms with Crippen molar-refractivity contribution < 1.29 is 4.74 Å². The second-order valence-electron chi connectivity index (χ2n) is 23.4. The van der Waals surface area contributed by atoms with E-state index < -0.39 is 0 Å². The molecule has 8 aliphatic rings. The van der Waals surface area contributed by atoms with Crippen LogP contribution in [0.2, 0.25) is 0 Å². The number of fused-ring (bicyclic) bond motifs is 12. The maximum Gasteiger partial charge on any atom is 0.256 e. The molecule has 0 amide bonds. The third-order valence-corrected chi connectivity index (χ3v) is 19.2. The Bertz CT molecular complexity index is 4170. The highest BCUT2D eigenvalue weighted by molar-refractivity contribution is 7.03. The van der Waals surface area contributed by atoms with Crippen LogP contribution in [0, 0.1) is 0 Å². The summed E-state index contributed by atoms with van der Waals surface area (Å²) in [6.07, 6.45) is 8.68. The van der Waals surface area contributed by atoms with Gasteiger partial charge in [-0.05, 0) is 180 Å². The molecule has 0 N–H and O–H groups in total. The minimum absolute atomic E-state index is 0.0263. The second-order valence-corrected chi connectivity index (χ2v) is 23.4. The van der Waals surface area contributed by atoms with Gasteiger partial charge in [-0.25, -0.2) is 0 Å². The van der Waals surface area contributed by atoms with E-state index in [2.05, 4.69) is 236 Å². The maximum atomic E-state index is 7.75. The van der Waals surface area contributed by atoms with Gasteiger partial charge in [-0.2, -0.15) is 0 Å². The molecule has 8 aliphatic heterocycles. The number of rotatable bonds is 6. The Kier molecular flexibility index (Phi) is 10.0. The average molecular weight is 1040 g/mol. The van der Waals surface area contributed by atoms with Gasteiger partial charge in [0.25, 0.3) is 13.4 Å². The minimum atomic E-state index is -0.0993. The van der Waals surface area contributed by atoms with Crippen molar-refractivity contribution in [3.8, 4) is 11.5 Å². The number of ether oxygens (including phenoxy) is 1. The predicted molar refractivity (Wildman–Crippen MR) is 339 cm³/mol. The van der Waals surface area contributed by atoms with Crippen LogP contribution in [-0.4, -0.2) is 39.6 Å². The summed E-state index contributed by atoms with van der Waals surface area (Å²) in [5.74, 6) is 2.00. The van der Waals surface area contributed by atoms with E-state index in [4.69, 9.17) is 4.74 Å². The number of anilines is 14. The Morgan fingerprint density at radius 2 is 0.765 bits per heavy atom. The van der Waals surface area contributed by atoms with Gasteiger partial charge in [0.05, 0.1) is 5.69 Å². The average Bonchev–Trinajstić information content (AvgIpc) is 1.17. The summed E-state index contributed by atoms with van der Waals surface area (Å²) in [6.45, 7) is 4.21. The Balaban J connectivity index is 0.963. The lowest BCUT2D eigenvalue weighted by atomic mass is 9.30. The highest BCUT2D eigenvalue weighted by atomic mass is 16.5. The molecule has 7 nitrogen and oxygen atoms in total. The molecule has 0 bridgehead atoms. The third-order valence-electron chi connectivity index (χ3n) is 19.2. The van der Waals surface area contributed by atoms with Gasteiger partial charge < -0.3 is 34.1 Å². The Labute approximate surface area is 475 Å². The largest absolute Gasteiger partial charge is 0.458 e. The number of hydrogen-bond donors (Lipinski definition) is 0. The first-order valence-electron chi connectivity index (χ1n) is 29.7. The van der Waals surface area contributed by atoms with Crippen LogP contribution in [0.4, 0.5) is 79.6 Å². The lowest BCUT2D eigenvalue weighted by Gasteiger charge is -2.50. The van der Waals surface area contributed by atoms with Crippen LogP contribution < -0.4 is 66.9 Å². The van der Waals surface area contributed by atoms with Gasteiger partial charge in [0.15, 0.2) is 0 Å². The summed E-state index contributed by atoms with van der Waals surface area (Å²) in [6, 6.07) is 77.4. The van der Waals surface area contributed by atoms with Crippen LogP contribution in [0.15, 0.2) is 206 Å². The highest BCUT2D eigenvalue weighted by Crippen LogP contribution is 2.56. The van der Waals surface area contributed by atoms with Crippen molar-refractivity contribution in [2.45, 2.75) is 51.4 Å². The predicted octanol–water partition coefficient (Wildman–Crippen LogP) is 13.0. The summed E-state index contributed by atoms with van der Waals surface area (Å²) >= 11 is 0. The topological polar surface area (TPSA) is 28.7 Å². The third kappa shape index (κ3) is 6.54. The van der Waals surface area contributed by atoms with Crippen molar-refractivity contribution in [2.24, 2.45) is 0 Å². The standard InChI is InChI=1S/C72H58B2N6O/c1-6-22-47(23-7-1)77(48-24-8-2-9-25-48)52-38-39-58-64(44-52)81-72-56-35-21-43-76-42-20-34-55(68(56)76)71-66(72)74(58)60-45-59-62(46-63(60)80(71)51-30-14-5-15-31-51)79(50-28-12-4-13-29-50)70-54-33-19-41-75-40-18-32-53(67(54)75)69-65(70)73(59)57-36-16-17-37-61(57)78(69)49-26-10-3-11-27-49/h1-17,22-31,36-39,44-46H,18-21,32-35,40-43H2. The number of para-hydroxylation sites is 6. The SMILES string of the molecule is c1ccc(N(c2ccccc2)c2ccc3c(c2)Oc2c4c5c(c6c2B3c2cc3c(cc2N6c2ccccc2)N(c2ccccc2)c2c6c7c(c8c2B3c2ccccc2N8c2ccccc2)CCCN7CCC6)CCCN5CCC4)cc1. The van der Waals surface area contributed by atoms with Gasteiger partial charge in [-0.3, -0.25) is 0 Å². The fourth-order valence-electron chi connectivity index (χ4n) is 16.2. The molecule has 18 rings (SSSR count). The Hall–Kier alpha value is -9.07. The van der Waals surface area contributed by atoms with Gasteiger partial charge in [-0.1, -0.05) is 121 Å². The fraction of sp³-hybridized carbons (Fsp3) is 0.167. The van der Waals surface area contributed by atoms with Crippen molar-refractivity contribution in [2.75, 3.05) is 55.6 Å². The van der Waals surface area contributed by atoms with E-state index in [0.29, 0.717) is 0 Å². The quantitative estimate of drug-likeness (QED) is 0.153. The molecule has 0 aromatic heterocycles. The molecule has 10 aromatic carbocycles. The van der Waals surface area contributed by atoms with Crippen LogP contribution in [0.3, 0.4) is 0 Å². The summed E-state index contributed by atoms with van der Waals surface area (Å²) in [5.41, 5.74) is 31.5. The molecule has 388 valence electrons. The summed E-state index contributed by atoms with van der Waals surface area (Å²) in [7, 11) is 0. The molecule has 0 spiro atoms. The van der Waals surface area contributed by atoms with Crippen molar-refractivity contribution in [1.82, 2.24) is 0 Å². The number of benzene rings is 10. The first-order chi connectivity index (χ1) is 40.2. The maximum absolute atomic E-state index is 7.75. The van der Waals surface area contributed by atoms with Crippen molar-refractivity contribution in [3.05, 3.63) is 229 Å². The molecule has 81 heavy (non-hydrogen) atoms. The van der Waals surface area contributed by atoms with Crippen molar-refractivity contribution >= 4 is 126 Å². The minimum Gasteiger partial charge on any atom is -0.458 e. The van der Waals surface area contributed by atoms with Gasteiger partial charge in [-0.15, -0.1) is 0 Å². The van der Waals surface area contributed by atoms with Crippen molar-refractivity contribution in [1.29, 1.82) is 0 Å². The first kappa shape index (κ1) is 45.8. The van der Waals surface area contributed by atoms with E-state index in [9.17, 15) is 0 Å². The lowest BCUT2D eigenvalue weighted by molar-refractivity contribution is 0.475. The molecule has 0 saturated carbocycles. The molecular weight excluding hydrogens is 986 g/mol. The zero-order valence-corrected chi connectivity index (χ0v) is 45.4. The molecule has 0 atom stereocenters. The molecule has 0 unspecified atom stereocenters. The monoisotopic (exact) mass is 1040 g/mol. The van der Waals surface area contributed by atoms with Crippen LogP contribution in [0.25, 0.3) is 0 Å². The van der Waals surface area contributed by atoms with Gasteiger partial charge >= 0.3 is 0 Å². The fourth-order valence-corrected chi connectivity index (χ4v) is 16.2. The van der Waals surface area contributed by atoms with Crippen LogP contribution in [0.1, 0.15) is 47.9 Å². The normalized spacial score (nSPS) is 16.2. The molecule has 10 aromatic rings. The molecule has 8 heterocycles. The van der Waals surface area contributed by atoms with Gasteiger partial charge in [0.1, 0.15) is 11.5 Å². The van der Waals surface area contributed by atoms with E-state index in [-0.39, 0.29) is 13.4 Å². The van der Waals surface area contributed by atoms with Gasteiger partial charge in [0.2, 0.25) is 0 Å². The molecule has 0 fully saturated rings. The zero-order chi connectivity index (χ0) is 52.9. The second kappa shape index (κ2) is 17.7. The zero-order valence-electron chi connectivity index (χ0n) is 45.4. The van der Waals surface area contributed by atoms with E-state index >= 15 is 0 Å². The van der Waals surface area contributed by atoms with Crippen LogP contribution >= 0.6 is 0 Å². The van der Waals surface area contributed by atoms with Crippen molar-refractivity contribution in [3.63, 3.8) is 0 Å². The van der Waals surface area contributed by atoms with E-state index in [1.807, 2.05) is 0 Å². The summed E-state index contributed by atoms with van der Waals surface area (Å²) < 4.78 is 7.75. The Morgan fingerprint density at radius 1 is 0.333 bits per heavy atom. The molecule has 0 aliphatic carbocycles. The molecular formula is C72H58B2N6O. The van der Waals surface area contributed by atoms with E-state index in [1.165, 1.54) is 118 Å². The molecule has 0 radical (unpaired) electrons. The lowest BCUT2D eigenvalue weighted by Crippen LogP contribution is -2.65. The molecule has 9 heteroatoms. The highest BCUT2D eigenvalue weighted by Gasteiger charge is 2.52. The van der Waals surface area contributed by atoms with E-state index in [1.54, 1.807) is 0 Å². The van der Waals surface area contributed by atoms with E-state index in [0.717, 1.165) is 106 Å². The number of nitrogens with zero attached hydrogens (tertiary/aromatic N) is 6. The van der Waals surface area contributed by atoms with Gasteiger partial charge in [0, 0.05) is 112 Å². The smallest absolute Gasteiger partial charge is 0.256 e. The first-order valence-corrected chi connectivity index (χ1v) is 29.7. The Morgan fingerprint density at radius 3 is 1.30 bits per heavy atom. The van der Waals surface area contributed by atoms with Crippen LogP contribution in [-0.2, 0) is 25.7 Å². The summed E-state index contributed by atoms with van der Waals surface area (Å²) in [5, 5.41) is 0. The molecule has 0 saturated heterocycles. The summed E-state index contributed by atoms with van der Waals surface area (Å²) in [4.78, 5) is 15.9. The van der Waals surface area contributed by atoms with Crippen LogP contribution in [0.5, 0.6) is 11.5 Å². The number of hydrogen-bond acceptors (Lipinski definition) is 7.